The highest BCUT2D eigenvalue weighted by Gasteiger charge is 2.13. The van der Waals surface area contributed by atoms with E-state index in [4.69, 9.17) is 5.11 Å². The molecule has 0 saturated carbocycles. The molecule has 2 N–H and O–H groups in total. The van der Waals surface area contributed by atoms with Crippen molar-refractivity contribution in [2.45, 2.75) is 57.3 Å². The van der Waals surface area contributed by atoms with Crippen molar-refractivity contribution in [3.05, 3.63) is 0 Å². The van der Waals surface area contributed by atoms with Crippen LogP contribution in [0.3, 0.4) is 0 Å². The second-order valence-corrected chi connectivity index (χ2v) is 5.71. The van der Waals surface area contributed by atoms with E-state index in [-0.39, 0.29) is 24.2 Å². The van der Waals surface area contributed by atoms with Crippen molar-refractivity contribution in [1.82, 2.24) is 25.5 Å². The largest absolute Gasteiger partial charge is 0.480 e. The van der Waals surface area contributed by atoms with Crippen LogP contribution >= 0.6 is 11.8 Å². The zero-order valence-electron chi connectivity index (χ0n) is 12.3. The van der Waals surface area contributed by atoms with Crippen molar-refractivity contribution >= 4 is 23.6 Å². The third-order valence-electron chi connectivity index (χ3n) is 2.76. The number of hydrogen-bond donors (Lipinski definition) is 2. The molecule has 1 heterocycles. The lowest BCUT2D eigenvalue weighted by atomic mass is 10.1. The molecule has 1 atom stereocenters. The first-order valence-electron chi connectivity index (χ1n) is 6.93. The molecule has 118 valence electrons. The average molecular weight is 315 g/mol. The zero-order chi connectivity index (χ0) is 15.7. The highest BCUT2D eigenvalue weighted by molar-refractivity contribution is 7.99. The summed E-state index contributed by atoms with van der Waals surface area (Å²) in [5, 5.41) is 22.6. The van der Waals surface area contributed by atoms with Crippen molar-refractivity contribution in [3.8, 4) is 0 Å². The van der Waals surface area contributed by atoms with Gasteiger partial charge in [-0.05, 0) is 23.8 Å². The van der Waals surface area contributed by atoms with Crippen LogP contribution in [0.1, 0.15) is 39.5 Å². The van der Waals surface area contributed by atoms with Crippen molar-refractivity contribution in [2.24, 2.45) is 0 Å². The van der Waals surface area contributed by atoms with E-state index in [0.717, 1.165) is 35.7 Å². The van der Waals surface area contributed by atoms with E-state index >= 15 is 0 Å². The Hall–Kier alpha value is -1.64. The summed E-state index contributed by atoms with van der Waals surface area (Å²) in [6.07, 6.45) is 4.38. The first-order chi connectivity index (χ1) is 10.0. The lowest BCUT2D eigenvalue weighted by molar-refractivity contribution is -0.138. The van der Waals surface area contributed by atoms with E-state index < -0.39 is 5.97 Å². The van der Waals surface area contributed by atoms with Gasteiger partial charge in [0.1, 0.15) is 6.54 Å². The minimum Gasteiger partial charge on any atom is -0.480 e. The Morgan fingerprint density at radius 2 is 2.19 bits per heavy atom. The summed E-state index contributed by atoms with van der Waals surface area (Å²) in [4.78, 5) is 22.4. The summed E-state index contributed by atoms with van der Waals surface area (Å²) in [6, 6.07) is 0.139. The Morgan fingerprint density at radius 3 is 2.86 bits per heavy atom. The van der Waals surface area contributed by atoms with Gasteiger partial charge in [-0.2, -0.15) is 0 Å². The fraction of sp³-hybridized carbons (Fsp3) is 0.750. The van der Waals surface area contributed by atoms with Gasteiger partial charge in [-0.1, -0.05) is 37.9 Å². The molecule has 1 amide bonds. The molecule has 1 aromatic rings. The molecule has 0 aliphatic rings. The average Bonchev–Trinajstić information content (AvgIpc) is 2.83. The molecule has 0 aliphatic heterocycles. The molecule has 0 aromatic carbocycles. The van der Waals surface area contributed by atoms with Crippen LogP contribution in [-0.2, 0) is 16.1 Å². The number of hydrogen-bond acceptors (Lipinski definition) is 6. The van der Waals surface area contributed by atoms with Gasteiger partial charge in [0.15, 0.2) is 0 Å². The van der Waals surface area contributed by atoms with Gasteiger partial charge in [0.05, 0.1) is 5.75 Å². The number of carbonyl (C=O) groups excluding carboxylic acids is 1. The van der Waals surface area contributed by atoms with Gasteiger partial charge in [-0.3, -0.25) is 9.59 Å². The second kappa shape index (κ2) is 9.32. The van der Waals surface area contributed by atoms with Crippen LogP contribution in [0.4, 0.5) is 0 Å². The van der Waals surface area contributed by atoms with Crippen LogP contribution in [0.2, 0.25) is 0 Å². The van der Waals surface area contributed by atoms with Crippen LogP contribution in [0.5, 0.6) is 0 Å². The lowest BCUT2D eigenvalue weighted by Crippen LogP contribution is -2.33. The molecule has 9 heteroatoms. The minimum atomic E-state index is -1.03. The highest BCUT2D eigenvalue weighted by atomic mass is 32.2. The molecular formula is C12H21N5O3S. The highest BCUT2D eigenvalue weighted by Crippen LogP contribution is 2.13. The van der Waals surface area contributed by atoms with E-state index in [1.54, 1.807) is 0 Å². The number of amides is 1. The van der Waals surface area contributed by atoms with E-state index in [1.807, 2.05) is 6.92 Å². The molecule has 0 saturated heterocycles. The van der Waals surface area contributed by atoms with E-state index in [9.17, 15) is 9.59 Å². The molecule has 1 unspecified atom stereocenters. The fourth-order valence-corrected chi connectivity index (χ4v) is 2.43. The standard InChI is InChI=1S/C12H21N5O3S/c1-3-4-5-6-9(2)13-10(18)8-21-12-14-15-16-17(12)7-11(19)20/h9H,3-8H2,1-2H3,(H,13,18)(H,19,20). The van der Waals surface area contributed by atoms with E-state index in [2.05, 4.69) is 27.8 Å². The van der Waals surface area contributed by atoms with Gasteiger partial charge in [0, 0.05) is 6.04 Å². The summed E-state index contributed by atoms with van der Waals surface area (Å²) in [6.45, 7) is 3.80. The SMILES string of the molecule is CCCCCC(C)NC(=O)CSc1nnnn1CC(=O)O. The van der Waals surface area contributed by atoms with Gasteiger partial charge >= 0.3 is 5.97 Å². The van der Waals surface area contributed by atoms with Crippen LogP contribution < -0.4 is 5.32 Å². The number of carboxylic acids is 1. The van der Waals surface area contributed by atoms with Crippen molar-refractivity contribution in [1.29, 1.82) is 0 Å². The maximum Gasteiger partial charge on any atom is 0.325 e. The maximum absolute atomic E-state index is 11.8. The molecule has 0 fully saturated rings. The van der Waals surface area contributed by atoms with Gasteiger partial charge in [-0.15, -0.1) is 5.10 Å². The van der Waals surface area contributed by atoms with E-state index in [1.165, 1.54) is 6.42 Å². The number of carboxylic acid groups (broad SMARTS) is 1. The normalized spacial score (nSPS) is 12.1. The molecule has 8 nitrogen and oxygen atoms in total. The van der Waals surface area contributed by atoms with Crippen LogP contribution in [0.15, 0.2) is 5.16 Å². The monoisotopic (exact) mass is 315 g/mol. The predicted octanol–water partition coefficient (Wildman–Crippen LogP) is 0.935. The molecule has 0 aliphatic carbocycles. The summed E-state index contributed by atoms with van der Waals surface area (Å²) < 4.78 is 1.16. The van der Waals surface area contributed by atoms with Gasteiger partial charge in [0.2, 0.25) is 11.1 Å². The number of unbranched alkanes of at least 4 members (excludes halogenated alkanes) is 2. The Labute approximate surface area is 127 Å². The fourth-order valence-electron chi connectivity index (χ4n) is 1.75. The number of aromatic nitrogens is 4. The van der Waals surface area contributed by atoms with Crippen LogP contribution in [0.25, 0.3) is 0 Å². The third-order valence-corrected chi connectivity index (χ3v) is 3.72. The number of tetrazole rings is 1. The van der Waals surface area contributed by atoms with Crippen LogP contribution in [0, 0.1) is 0 Å². The van der Waals surface area contributed by atoms with E-state index in [0.29, 0.717) is 5.16 Å². The number of rotatable bonds is 10. The molecule has 0 bridgehead atoms. The lowest BCUT2D eigenvalue weighted by Gasteiger charge is -2.13. The quantitative estimate of drug-likeness (QED) is 0.488. The maximum atomic E-state index is 11.8. The Kier molecular flexibility index (Phi) is 7.73. The van der Waals surface area contributed by atoms with Crippen LogP contribution in [-0.4, -0.2) is 49.0 Å². The molecule has 0 spiro atoms. The Morgan fingerprint density at radius 1 is 1.43 bits per heavy atom. The zero-order valence-corrected chi connectivity index (χ0v) is 13.1. The second-order valence-electron chi connectivity index (χ2n) is 4.77. The first-order valence-corrected chi connectivity index (χ1v) is 7.91. The summed E-state index contributed by atoms with van der Waals surface area (Å²) in [7, 11) is 0. The predicted molar refractivity (Wildman–Crippen MR) is 77.9 cm³/mol. The number of thioether (sulfide) groups is 1. The number of nitrogens with zero attached hydrogens (tertiary/aromatic N) is 4. The molecule has 1 aromatic heterocycles. The number of carbonyl (C=O) groups is 2. The van der Waals surface area contributed by atoms with Gasteiger partial charge in [0.25, 0.3) is 0 Å². The molecule has 21 heavy (non-hydrogen) atoms. The third kappa shape index (κ3) is 7.07. The number of aliphatic carboxylic acids is 1. The van der Waals surface area contributed by atoms with Gasteiger partial charge < -0.3 is 10.4 Å². The Balaban J connectivity index is 2.32. The molecule has 0 radical (unpaired) electrons. The molecular weight excluding hydrogens is 294 g/mol. The number of nitrogens with one attached hydrogen (secondary N) is 1. The minimum absolute atomic E-state index is 0.103. The molecule has 1 rings (SSSR count). The summed E-state index contributed by atoms with van der Waals surface area (Å²) in [5.74, 6) is -0.968. The van der Waals surface area contributed by atoms with Crippen molar-refractivity contribution in [3.63, 3.8) is 0 Å². The van der Waals surface area contributed by atoms with Gasteiger partial charge in [-0.25, -0.2) is 4.68 Å². The van der Waals surface area contributed by atoms with Crippen molar-refractivity contribution < 1.29 is 14.7 Å². The summed E-state index contributed by atoms with van der Waals surface area (Å²) in [5.41, 5.74) is 0. The summed E-state index contributed by atoms with van der Waals surface area (Å²) >= 11 is 1.13. The smallest absolute Gasteiger partial charge is 0.325 e. The topological polar surface area (TPSA) is 110 Å². The first kappa shape index (κ1) is 17.4. The van der Waals surface area contributed by atoms with Crippen molar-refractivity contribution in [2.75, 3.05) is 5.75 Å². The Bertz CT molecular complexity index is 466.